The molecule has 158 valence electrons. The van der Waals surface area contributed by atoms with Crippen molar-refractivity contribution in [1.29, 1.82) is 0 Å². The molecule has 1 N–H and O–H groups in total. The summed E-state index contributed by atoms with van der Waals surface area (Å²) in [6, 6.07) is 6.02. The Morgan fingerprint density at radius 1 is 1.23 bits per heavy atom. The lowest BCUT2D eigenvalue weighted by Crippen LogP contribution is -2.19. The van der Waals surface area contributed by atoms with E-state index < -0.39 is 11.6 Å². The first kappa shape index (κ1) is 20.6. The Morgan fingerprint density at radius 3 is 2.67 bits per heavy atom. The highest BCUT2D eigenvalue weighted by atomic mass is 31.1. The van der Waals surface area contributed by atoms with E-state index in [1.54, 1.807) is 6.07 Å². The van der Waals surface area contributed by atoms with Crippen LogP contribution in [0.25, 0.3) is 11.1 Å². The van der Waals surface area contributed by atoms with Crippen LogP contribution in [0.2, 0.25) is 0 Å². The van der Waals surface area contributed by atoms with Crippen molar-refractivity contribution in [2.45, 2.75) is 69.6 Å². The third kappa shape index (κ3) is 3.74. The molecule has 2 aliphatic carbocycles. The summed E-state index contributed by atoms with van der Waals surface area (Å²) in [4.78, 5) is 12.4. The first-order valence-electron chi connectivity index (χ1n) is 11.1. The van der Waals surface area contributed by atoms with Gasteiger partial charge >= 0.3 is 5.97 Å². The molecular weight excluding hydrogens is 413 g/mol. The van der Waals surface area contributed by atoms with E-state index in [9.17, 15) is 9.90 Å². The molecular formula is C25H29FO2P2. The van der Waals surface area contributed by atoms with Crippen molar-refractivity contribution in [3.05, 3.63) is 51.8 Å². The molecule has 3 unspecified atom stereocenters. The van der Waals surface area contributed by atoms with Crippen LogP contribution in [0.5, 0.6) is 0 Å². The number of aryl methyl sites for hydroxylation is 1. The highest BCUT2D eigenvalue weighted by Crippen LogP contribution is 2.54. The van der Waals surface area contributed by atoms with E-state index in [1.807, 2.05) is 6.92 Å². The number of hydrogen-bond acceptors (Lipinski definition) is 1. The predicted molar refractivity (Wildman–Crippen MR) is 126 cm³/mol. The molecule has 0 aromatic heterocycles. The monoisotopic (exact) mass is 442 g/mol. The Morgan fingerprint density at radius 2 is 2.00 bits per heavy atom. The van der Waals surface area contributed by atoms with E-state index in [2.05, 4.69) is 19.1 Å². The molecule has 2 aromatic rings. The van der Waals surface area contributed by atoms with Crippen molar-refractivity contribution in [3.63, 3.8) is 0 Å². The fraction of sp³-hybridized carbons (Fsp3) is 0.480. The molecule has 1 aliphatic heterocycles. The van der Waals surface area contributed by atoms with Gasteiger partial charge in [0.1, 0.15) is 5.82 Å². The van der Waals surface area contributed by atoms with Gasteiger partial charge in [-0.1, -0.05) is 29.3 Å². The molecule has 30 heavy (non-hydrogen) atoms. The number of carboxylic acid groups (broad SMARTS) is 1. The molecule has 2 saturated carbocycles. The number of halogens is 1. The SMILES string of the molecule is Cc1ccc(C2CC2)c(-c2cc(F)c3c(c2C)CCCP3)c1C(PC1CC1)C(=O)O. The van der Waals surface area contributed by atoms with E-state index in [-0.39, 0.29) is 5.82 Å². The smallest absolute Gasteiger partial charge is 0.315 e. The lowest BCUT2D eigenvalue weighted by atomic mass is 9.84. The van der Waals surface area contributed by atoms with Crippen LogP contribution < -0.4 is 5.30 Å². The second-order valence-corrected chi connectivity index (χ2v) is 12.2. The molecule has 0 amide bonds. The molecule has 3 atom stereocenters. The Balaban J connectivity index is 1.76. The van der Waals surface area contributed by atoms with Crippen LogP contribution in [-0.4, -0.2) is 22.9 Å². The van der Waals surface area contributed by atoms with Gasteiger partial charge in [-0.15, -0.1) is 0 Å². The summed E-state index contributed by atoms with van der Waals surface area (Å²) < 4.78 is 15.3. The van der Waals surface area contributed by atoms with Gasteiger partial charge in [-0.2, -0.15) is 0 Å². The topological polar surface area (TPSA) is 37.3 Å². The quantitative estimate of drug-likeness (QED) is 0.541. The third-order valence-corrected chi connectivity index (χ3v) is 10.3. The van der Waals surface area contributed by atoms with Gasteiger partial charge in [-0.25, -0.2) is 4.39 Å². The third-order valence-electron chi connectivity index (χ3n) is 6.87. The maximum Gasteiger partial charge on any atom is 0.315 e. The molecule has 5 heteroatoms. The summed E-state index contributed by atoms with van der Waals surface area (Å²) in [5, 5.41) is 11.1. The Hall–Kier alpha value is -1.30. The fourth-order valence-corrected chi connectivity index (χ4v) is 7.98. The maximum absolute atomic E-state index is 15.3. The molecule has 0 spiro atoms. The van der Waals surface area contributed by atoms with Crippen molar-refractivity contribution >= 4 is 28.4 Å². The van der Waals surface area contributed by atoms with Gasteiger partial charge in [0.25, 0.3) is 0 Å². The highest BCUT2D eigenvalue weighted by Gasteiger charge is 2.36. The summed E-state index contributed by atoms with van der Waals surface area (Å²) in [5.74, 6) is -0.331. The largest absolute Gasteiger partial charge is 0.481 e. The second-order valence-electron chi connectivity index (χ2n) is 9.16. The van der Waals surface area contributed by atoms with Crippen molar-refractivity contribution in [1.82, 2.24) is 0 Å². The van der Waals surface area contributed by atoms with Gasteiger partial charge in [-0.05, 0) is 115 Å². The van der Waals surface area contributed by atoms with E-state index in [1.165, 1.54) is 16.7 Å². The van der Waals surface area contributed by atoms with Crippen molar-refractivity contribution in [2.24, 2.45) is 0 Å². The molecule has 0 bridgehead atoms. The van der Waals surface area contributed by atoms with Crippen LogP contribution >= 0.6 is 17.2 Å². The van der Waals surface area contributed by atoms with Gasteiger partial charge in [-0.3, -0.25) is 4.79 Å². The van der Waals surface area contributed by atoms with Gasteiger partial charge < -0.3 is 5.11 Å². The standard InChI is InChI=1S/C25H29FO2P2/c1-13-5-10-18(15-6-7-15)22(21(13)24(25(27)28)30-16-8-9-16)19-12-20(26)23-17(14(19)2)4-3-11-29-23/h5,10,12,15-16,24,29-30H,3-4,6-9,11H2,1-2H3,(H,27,28). The average molecular weight is 442 g/mol. The van der Waals surface area contributed by atoms with Gasteiger partial charge in [0.15, 0.2) is 0 Å². The van der Waals surface area contributed by atoms with Gasteiger partial charge in [0, 0.05) is 5.30 Å². The Labute approximate surface area is 181 Å². The summed E-state index contributed by atoms with van der Waals surface area (Å²) >= 11 is 0. The summed E-state index contributed by atoms with van der Waals surface area (Å²) in [5.41, 5.74) is 7.65. The van der Waals surface area contributed by atoms with Crippen molar-refractivity contribution < 1.29 is 14.3 Å². The summed E-state index contributed by atoms with van der Waals surface area (Å²) in [6.07, 6.45) is 7.71. The predicted octanol–water partition coefficient (Wildman–Crippen LogP) is 6.20. The molecule has 3 aliphatic rings. The lowest BCUT2D eigenvalue weighted by Gasteiger charge is -2.27. The average Bonchev–Trinajstić information content (AvgIpc) is 3.63. The van der Waals surface area contributed by atoms with E-state index in [0.29, 0.717) is 28.7 Å². The van der Waals surface area contributed by atoms with E-state index in [0.717, 1.165) is 72.2 Å². The molecule has 1 heterocycles. The number of carboxylic acids is 1. The molecule has 0 saturated heterocycles. The van der Waals surface area contributed by atoms with Gasteiger partial charge in [0.05, 0.1) is 5.66 Å². The van der Waals surface area contributed by atoms with E-state index in [4.69, 9.17) is 0 Å². The second kappa shape index (κ2) is 7.99. The normalized spacial score (nSPS) is 20.6. The Kier molecular flexibility index (Phi) is 5.49. The van der Waals surface area contributed by atoms with Gasteiger partial charge in [0.2, 0.25) is 0 Å². The lowest BCUT2D eigenvalue weighted by molar-refractivity contribution is -0.136. The molecule has 2 aromatic carbocycles. The van der Waals surface area contributed by atoms with Crippen LogP contribution in [0.3, 0.4) is 0 Å². The Bertz CT molecular complexity index is 1020. The van der Waals surface area contributed by atoms with Crippen LogP contribution in [0.15, 0.2) is 18.2 Å². The van der Waals surface area contributed by atoms with Crippen LogP contribution in [-0.2, 0) is 11.2 Å². The first-order valence-corrected chi connectivity index (χ1v) is 13.5. The number of benzene rings is 2. The van der Waals surface area contributed by atoms with Crippen molar-refractivity contribution in [2.75, 3.05) is 6.16 Å². The van der Waals surface area contributed by atoms with Crippen LogP contribution in [0.4, 0.5) is 4.39 Å². The fourth-order valence-electron chi connectivity index (χ4n) is 4.95. The minimum absolute atomic E-state index is 0.0886. The molecule has 2 nitrogen and oxygen atoms in total. The number of rotatable bonds is 6. The maximum atomic E-state index is 15.3. The first-order chi connectivity index (χ1) is 14.5. The minimum Gasteiger partial charge on any atom is -0.481 e. The number of carbonyl (C=O) groups is 1. The number of aliphatic carboxylic acids is 1. The highest BCUT2D eigenvalue weighted by molar-refractivity contribution is 7.47. The van der Waals surface area contributed by atoms with Crippen LogP contribution in [0.1, 0.15) is 71.5 Å². The number of fused-ring (bicyclic) bond motifs is 1. The summed E-state index contributed by atoms with van der Waals surface area (Å²) in [6.45, 7) is 4.17. The molecule has 5 rings (SSSR count). The molecule has 2 fully saturated rings. The zero-order valence-corrected chi connectivity index (χ0v) is 19.6. The van der Waals surface area contributed by atoms with Crippen molar-refractivity contribution in [3.8, 4) is 11.1 Å². The van der Waals surface area contributed by atoms with Crippen LogP contribution in [0, 0.1) is 19.7 Å². The molecule has 0 radical (unpaired) electrons. The number of hydrogen-bond donors (Lipinski definition) is 1. The zero-order valence-electron chi connectivity index (χ0n) is 17.6. The minimum atomic E-state index is -0.727. The van der Waals surface area contributed by atoms with E-state index >= 15 is 4.39 Å². The zero-order chi connectivity index (χ0) is 21.0. The summed E-state index contributed by atoms with van der Waals surface area (Å²) in [7, 11) is 0.956.